The summed E-state index contributed by atoms with van der Waals surface area (Å²) in [5, 5.41) is 2.82. The second kappa shape index (κ2) is 7.07. The fourth-order valence-electron chi connectivity index (χ4n) is 2.04. The lowest BCUT2D eigenvalue weighted by atomic mass is 10.1. The van der Waals surface area contributed by atoms with Crippen LogP contribution in [0.2, 0.25) is 0 Å². The van der Waals surface area contributed by atoms with E-state index >= 15 is 0 Å². The first kappa shape index (κ1) is 16.7. The summed E-state index contributed by atoms with van der Waals surface area (Å²) in [5.41, 5.74) is 2.05. The zero-order valence-electron chi connectivity index (χ0n) is 12.0. The highest BCUT2D eigenvalue weighted by molar-refractivity contribution is 9.10. The molecule has 0 saturated carbocycles. The Morgan fingerprint density at radius 1 is 1.09 bits per heavy atom. The van der Waals surface area contributed by atoms with E-state index in [1.807, 2.05) is 24.3 Å². The summed E-state index contributed by atoms with van der Waals surface area (Å²) in [7, 11) is -3.12. The largest absolute Gasteiger partial charge is 0.348 e. The maximum absolute atomic E-state index is 12.1. The van der Waals surface area contributed by atoms with Crippen LogP contribution in [0.5, 0.6) is 0 Å². The summed E-state index contributed by atoms with van der Waals surface area (Å²) in [5.74, 6) is -0.296. The smallest absolute Gasteiger partial charge is 0.251 e. The molecule has 2 aromatic carbocycles. The molecular weight excluding hydrogens is 366 g/mol. The molecule has 0 aliphatic carbocycles. The fourth-order valence-corrected chi connectivity index (χ4v) is 3.27. The van der Waals surface area contributed by atoms with Crippen LogP contribution in [-0.2, 0) is 22.1 Å². The van der Waals surface area contributed by atoms with E-state index in [9.17, 15) is 13.2 Å². The summed E-state index contributed by atoms with van der Waals surface area (Å²) in [6.07, 6.45) is 1.17. The molecule has 0 bridgehead atoms. The molecule has 0 radical (unpaired) electrons. The Bertz CT molecular complexity index is 787. The molecule has 0 aromatic heterocycles. The number of carbonyl (C=O) groups is 1. The molecule has 0 fully saturated rings. The molecule has 0 heterocycles. The fraction of sp³-hybridized carbons (Fsp3) is 0.188. The van der Waals surface area contributed by atoms with Gasteiger partial charge in [-0.3, -0.25) is 4.79 Å². The molecule has 0 aliphatic heterocycles. The van der Waals surface area contributed by atoms with Crippen molar-refractivity contribution in [3.05, 3.63) is 69.7 Å². The molecule has 1 amide bonds. The van der Waals surface area contributed by atoms with Gasteiger partial charge in [0, 0.05) is 22.8 Å². The van der Waals surface area contributed by atoms with E-state index in [1.165, 1.54) is 6.26 Å². The van der Waals surface area contributed by atoms with Gasteiger partial charge in [0.05, 0.1) is 5.75 Å². The zero-order chi connectivity index (χ0) is 16.2. The Kier molecular flexibility index (Phi) is 5.37. The maximum atomic E-state index is 12.1. The molecule has 2 aromatic rings. The van der Waals surface area contributed by atoms with Crippen molar-refractivity contribution < 1.29 is 13.2 Å². The third-order valence-electron chi connectivity index (χ3n) is 2.96. The van der Waals surface area contributed by atoms with Crippen LogP contribution in [0, 0.1) is 0 Å². The monoisotopic (exact) mass is 381 g/mol. The standard InChI is InChI=1S/C16H16BrNO3S/c1-22(20,21)11-13-5-2-6-14(8-13)16(19)18-10-12-4-3-7-15(17)9-12/h2-9H,10-11H2,1H3,(H,18,19). The first-order valence-electron chi connectivity index (χ1n) is 6.63. The number of sulfone groups is 1. The van der Waals surface area contributed by atoms with Gasteiger partial charge in [0.15, 0.2) is 9.84 Å². The molecule has 2 rings (SSSR count). The lowest BCUT2D eigenvalue weighted by Crippen LogP contribution is -2.22. The summed E-state index contributed by atoms with van der Waals surface area (Å²) in [6.45, 7) is 0.411. The van der Waals surface area contributed by atoms with E-state index in [0.717, 1.165) is 10.0 Å². The molecule has 116 valence electrons. The number of benzene rings is 2. The van der Waals surface area contributed by atoms with Crippen LogP contribution < -0.4 is 5.32 Å². The second-order valence-electron chi connectivity index (χ2n) is 5.08. The lowest BCUT2D eigenvalue weighted by Gasteiger charge is -2.07. The van der Waals surface area contributed by atoms with Crippen molar-refractivity contribution in [2.24, 2.45) is 0 Å². The molecule has 0 spiro atoms. The first-order chi connectivity index (χ1) is 10.3. The second-order valence-corrected chi connectivity index (χ2v) is 8.14. The highest BCUT2D eigenvalue weighted by atomic mass is 79.9. The average Bonchev–Trinajstić information content (AvgIpc) is 2.43. The van der Waals surface area contributed by atoms with Gasteiger partial charge < -0.3 is 5.32 Å². The first-order valence-corrected chi connectivity index (χ1v) is 9.48. The van der Waals surface area contributed by atoms with Crippen LogP contribution in [-0.4, -0.2) is 20.6 Å². The van der Waals surface area contributed by atoms with Gasteiger partial charge in [-0.2, -0.15) is 0 Å². The SMILES string of the molecule is CS(=O)(=O)Cc1cccc(C(=O)NCc2cccc(Br)c2)c1. The van der Waals surface area contributed by atoms with Crippen LogP contribution in [0.25, 0.3) is 0 Å². The minimum Gasteiger partial charge on any atom is -0.348 e. The molecule has 0 aliphatic rings. The topological polar surface area (TPSA) is 63.2 Å². The van der Waals surface area contributed by atoms with Gasteiger partial charge in [-0.05, 0) is 35.4 Å². The van der Waals surface area contributed by atoms with Crippen molar-refractivity contribution in [2.75, 3.05) is 6.26 Å². The Labute approximate surface area is 138 Å². The Balaban J connectivity index is 2.05. The zero-order valence-corrected chi connectivity index (χ0v) is 14.4. The summed E-state index contributed by atoms with van der Waals surface area (Å²) in [4.78, 5) is 12.1. The number of hydrogen-bond donors (Lipinski definition) is 1. The van der Waals surface area contributed by atoms with Gasteiger partial charge in [0.25, 0.3) is 5.91 Å². The van der Waals surface area contributed by atoms with Crippen LogP contribution in [0.15, 0.2) is 53.0 Å². The van der Waals surface area contributed by atoms with Crippen molar-refractivity contribution in [1.82, 2.24) is 5.32 Å². The van der Waals surface area contributed by atoms with E-state index in [1.54, 1.807) is 24.3 Å². The van der Waals surface area contributed by atoms with Crippen molar-refractivity contribution >= 4 is 31.7 Å². The predicted molar refractivity (Wildman–Crippen MR) is 90.3 cm³/mol. The normalized spacial score (nSPS) is 11.2. The Morgan fingerprint density at radius 3 is 2.45 bits per heavy atom. The van der Waals surface area contributed by atoms with Gasteiger partial charge in [0.2, 0.25) is 0 Å². The van der Waals surface area contributed by atoms with E-state index in [0.29, 0.717) is 17.7 Å². The predicted octanol–water partition coefficient (Wildman–Crippen LogP) is 2.92. The minimum atomic E-state index is -3.12. The van der Waals surface area contributed by atoms with Crippen molar-refractivity contribution in [2.45, 2.75) is 12.3 Å². The Hall–Kier alpha value is -1.66. The molecule has 4 nitrogen and oxygen atoms in total. The highest BCUT2D eigenvalue weighted by Crippen LogP contribution is 2.12. The van der Waals surface area contributed by atoms with Crippen LogP contribution in [0.3, 0.4) is 0 Å². The van der Waals surface area contributed by atoms with Gasteiger partial charge in [0.1, 0.15) is 0 Å². The Morgan fingerprint density at radius 2 is 1.77 bits per heavy atom. The lowest BCUT2D eigenvalue weighted by molar-refractivity contribution is 0.0951. The molecule has 0 saturated heterocycles. The number of nitrogens with one attached hydrogen (secondary N) is 1. The molecule has 1 N–H and O–H groups in total. The van der Waals surface area contributed by atoms with Crippen LogP contribution >= 0.6 is 15.9 Å². The molecule has 0 atom stereocenters. The molecule has 22 heavy (non-hydrogen) atoms. The number of rotatable bonds is 5. The van der Waals surface area contributed by atoms with Gasteiger partial charge in [-0.25, -0.2) is 8.42 Å². The van der Waals surface area contributed by atoms with Gasteiger partial charge in [-0.1, -0.05) is 40.2 Å². The van der Waals surface area contributed by atoms with E-state index in [4.69, 9.17) is 0 Å². The third kappa shape index (κ3) is 5.27. The molecule has 0 unspecified atom stereocenters. The third-order valence-corrected chi connectivity index (χ3v) is 4.31. The average molecular weight is 382 g/mol. The van der Waals surface area contributed by atoms with Crippen molar-refractivity contribution in [1.29, 1.82) is 0 Å². The van der Waals surface area contributed by atoms with E-state index in [2.05, 4.69) is 21.2 Å². The summed E-state index contributed by atoms with van der Waals surface area (Å²) < 4.78 is 23.6. The van der Waals surface area contributed by atoms with Crippen molar-refractivity contribution in [3.8, 4) is 0 Å². The number of amides is 1. The quantitative estimate of drug-likeness (QED) is 0.865. The molecule has 6 heteroatoms. The molecular formula is C16H16BrNO3S. The van der Waals surface area contributed by atoms with Gasteiger partial charge in [-0.15, -0.1) is 0 Å². The van der Waals surface area contributed by atoms with Crippen molar-refractivity contribution in [3.63, 3.8) is 0 Å². The minimum absolute atomic E-state index is 0.0697. The van der Waals surface area contributed by atoms with E-state index in [-0.39, 0.29) is 11.7 Å². The van der Waals surface area contributed by atoms with E-state index < -0.39 is 9.84 Å². The van der Waals surface area contributed by atoms with Crippen LogP contribution in [0.4, 0.5) is 0 Å². The summed E-state index contributed by atoms with van der Waals surface area (Å²) in [6, 6.07) is 14.3. The number of halogens is 1. The van der Waals surface area contributed by atoms with Crippen LogP contribution in [0.1, 0.15) is 21.5 Å². The summed E-state index contributed by atoms with van der Waals surface area (Å²) >= 11 is 3.38. The number of hydrogen-bond acceptors (Lipinski definition) is 3. The maximum Gasteiger partial charge on any atom is 0.251 e. The number of carbonyl (C=O) groups excluding carboxylic acids is 1. The highest BCUT2D eigenvalue weighted by Gasteiger charge is 2.09. The van der Waals surface area contributed by atoms with Gasteiger partial charge >= 0.3 is 0 Å².